The third-order valence-electron chi connectivity index (χ3n) is 27.1. The molecule has 0 aromatic heterocycles. The first-order valence-corrected chi connectivity index (χ1v) is 37.8. The van der Waals surface area contributed by atoms with E-state index in [0.29, 0.717) is 164 Å². The summed E-state index contributed by atoms with van der Waals surface area (Å²) in [6.07, 6.45) is 8.65. The smallest absolute Gasteiger partial charge is 0.306 e. The van der Waals surface area contributed by atoms with E-state index in [1.165, 1.54) is 0 Å². The summed E-state index contributed by atoms with van der Waals surface area (Å²) in [6, 6.07) is 0. The standard InChI is InChI=1S/C75H132O23/c1-51(58-12-14-60-68-62(78)42-53-40-55(76)18-20-70(53,3)72(68,5)44-64(80)74(58,60)7)10-16-66(82)97-47-57(98-67(83)17-11-52(2)59-13-15-61-69-63(79)43-54-41-56(77)19-21-71(54,4)73(69,6)45-65(81)75(59,61)8)46-96-50-95-39-35-91-31-27-86-23-22-85-25-29-89-33-37-93-49-94-38-34-90-30-26-87-24-28-88-32-36-92-48-84-9/h51-65,68-69,76-81H,10-50H2,1-9H3/t51-,52+,53?,54?,55-,56+,57?,58-,59+,60+,61-,62?,63?,64+,65-,68?,69?,70+,71-,72+,73-,74-,75+/m0/s1. The number of hydrogen-bond acceptors (Lipinski definition) is 23. The topological polar surface area (TPSA) is 294 Å². The monoisotopic (exact) mass is 1400 g/mol. The molecule has 8 rings (SSSR count). The van der Waals surface area contributed by atoms with Crippen LogP contribution in [0.25, 0.3) is 0 Å². The maximum absolute atomic E-state index is 13.9. The molecule has 0 spiro atoms. The maximum Gasteiger partial charge on any atom is 0.306 e. The predicted molar refractivity (Wildman–Crippen MR) is 362 cm³/mol. The van der Waals surface area contributed by atoms with Crippen molar-refractivity contribution in [1.29, 1.82) is 0 Å². The fraction of sp³-hybridized carbons (Fsp3) is 0.973. The van der Waals surface area contributed by atoms with Crippen molar-refractivity contribution in [2.75, 3.05) is 160 Å². The number of hydrogen-bond donors (Lipinski definition) is 6. The van der Waals surface area contributed by atoms with Crippen molar-refractivity contribution in [1.82, 2.24) is 0 Å². The fourth-order valence-electron chi connectivity index (χ4n) is 21.4. The first-order valence-electron chi connectivity index (χ1n) is 37.8. The summed E-state index contributed by atoms with van der Waals surface area (Å²) in [5, 5.41) is 70.0. The van der Waals surface area contributed by atoms with Crippen molar-refractivity contribution < 1.29 is 111 Å². The van der Waals surface area contributed by atoms with Crippen LogP contribution in [0.15, 0.2) is 0 Å². The summed E-state index contributed by atoms with van der Waals surface area (Å²) < 4.78 is 83.1. The first kappa shape index (κ1) is 81.8. The Bertz CT molecular complexity index is 2320. The van der Waals surface area contributed by atoms with Gasteiger partial charge in [-0.1, -0.05) is 55.4 Å². The molecule has 23 atom stereocenters. The van der Waals surface area contributed by atoms with Crippen LogP contribution in [0.3, 0.4) is 0 Å². The van der Waals surface area contributed by atoms with E-state index < -0.39 is 53.3 Å². The number of carbonyl (C=O) groups is 2. The molecule has 0 radical (unpaired) electrons. The molecule has 23 heteroatoms. The molecule has 0 aromatic carbocycles. The lowest BCUT2D eigenvalue weighted by Crippen LogP contribution is -2.67. The van der Waals surface area contributed by atoms with Crippen molar-refractivity contribution in [2.45, 2.75) is 214 Å². The molecular formula is C75H132O23. The highest BCUT2D eigenvalue weighted by atomic mass is 16.7. The number of rotatable bonds is 46. The van der Waals surface area contributed by atoms with Crippen LogP contribution in [0.2, 0.25) is 0 Å². The van der Waals surface area contributed by atoms with Crippen molar-refractivity contribution in [3.05, 3.63) is 0 Å². The van der Waals surface area contributed by atoms with E-state index in [1.54, 1.807) is 7.11 Å². The van der Waals surface area contributed by atoms with Gasteiger partial charge in [-0.05, 0) is 194 Å². The third-order valence-corrected chi connectivity index (χ3v) is 27.1. The average molecular weight is 1400 g/mol. The van der Waals surface area contributed by atoms with Gasteiger partial charge in [0.2, 0.25) is 0 Å². The van der Waals surface area contributed by atoms with Crippen molar-refractivity contribution in [2.24, 2.45) is 91.7 Å². The minimum absolute atomic E-state index is 0.0445. The molecule has 6 N–H and O–H groups in total. The van der Waals surface area contributed by atoms with Crippen LogP contribution in [0.4, 0.5) is 0 Å². The molecule has 8 saturated carbocycles. The number of carbonyl (C=O) groups excluding carboxylic acids is 2. The van der Waals surface area contributed by atoms with E-state index in [0.717, 1.165) is 51.4 Å². The van der Waals surface area contributed by atoms with E-state index in [2.05, 4.69) is 55.4 Å². The quantitative estimate of drug-likeness (QED) is 0.0193. The minimum atomic E-state index is -0.897. The second kappa shape index (κ2) is 39.0. The number of aliphatic hydroxyl groups excluding tert-OH is 6. The molecular weight excluding hydrogens is 1270 g/mol. The Labute approximate surface area is 585 Å². The van der Waals surface area contributed by atoms with Crippen molar-refractivity contribution in [3.63, 3.8) is 0 Å². The van der Waals surface area contributed by atoms with E-state index in [1.807, 2.05) is 0 Å². The van der Waals surface area contributed by atoms with Crippen LogP contribution in [0.5, 0.6) is 0 Å². The SMILES string of the molecule is COCOCCOCCOCCOCCOCOCCOCCOCCOCCOCCOCOCC(COC(=O)CC[C@H](C)[C@@H]1CC[C@@H]2C3C(O)CC4C[C@@H](O)CC[C@@]4(C)[C@]3(C)C[C@@H](O)[C@]21C)OC(=O)CC[C@@H](C)[C@H]1CC[C@H]2C3C(O)CC4C[C@H](O)CC[C@]4(C)[C@@]3(C)C[C@H](O)[C@]12C. The molecule has 8 aliphatic carbocycles. The van der Waals surface area contributed by atoms with E-state index in [-0.39, 0.29) is 146 Å². The van der Waals surface area contributed by atoms with Crippen LogP contribution < -0.4 is 0 Å². The molecule has 8 fully saturated rings. The van der Waals surface area contributed by atoms with Gasteiger partial charge in [-0.25, -0.2) is 0 Å². The van der Waals surface area contributed by atoms with Gasteiger partial charge in [0, 0.05) is 20.0 Å². The summed E-state index contributed by atoms with van der Waals surface area (Å²) in [4.78, 5) is 27.6. The zero-order chi connectivity index (χ0) is 70.6. The van der Waals surface area contributed by atoms with Crippen LogP contribution in [0.1, 0.15) is 171 Å². The van der Waals surface area contributed by atoms with Gasteiger partial charge in [0.1, 0.15) is 27.0 Å². The van der Waals surface area contributed by atoms with Gasteiger partial charge >= 0.3 is 11.9 Å². The normalized spacial score (nSPS) is 38.2. The summed E-state index contributed by atoms with van der Waals surface area (Å²) >= 11 is 0. The summed E-state index contributed by atoms with van der Waals surface area (Å²) in [5.41, 5.74) is -1.53. The second-order valence-electron chi connectivity index (χ2n) is 32.1. The number of fused-ring (bicyclic) bond motifs is 10. The van der Waals surface area contributed by atoms with Gasteiger partial charge in [0.05, 0.1) is 162 Å². The highest BCUT2D eigenvalue weighted by Gasteiger charge is 2.72. The number of esters is 2. The van der Waals surface area contributed by atoms with E-state index in [4.69, 9.17) is 71.1 Å². The van der Waals surface area contributed by atoms with Gasteiger partial charge in [-0.3, -0.25) is 9.59 Å². The lowest BCUT2D eigenvalue weighted by molar-refractivity contribution is -0.251. The predicted octanol–water partition coefficient (Wildman–Crippen LogP) is 7.70. The lowest BCUT2D eigenvalue weighted by atomic mass is 9.37. The molecule has 0 amide bonds. The molecule has 23 nitrogen and oxygen atoms in total. The Hall–Kier alpha value is -1.82. The summed E-state index contributed by atoms with van der Waals surface area (Å²) in [5.74, 6) is 0.431. The number of methoxy groups -OCH3 is 1. The van der Waals surface area contributed by atoms with Gasteiger partial charge in [0.25, 0.3) is 0 Å². The van der Waals surface area contributed by atoms with Gasteiger partial charge in [-0.2, -0.15) is 0 Å². The van der Waals surface area contributed by atoms with E-state index in [9.17, 15) is 40.2 Å². The Morgan fingerprint density at radius 2 is 0.755 bits per heavy atom. The molecule has 0 aliphatic heterocycles. The second-order valence-corrected chi connectivity index (χ2v) is 32.1. The van der Waals surface area contributed by atoms with Crippen LogP contribution in [-0.2, 0) is 80.6 Å². The first-order chi connectivity index (χ1) is 47.0. The molecule has 0 bridgehead atoms. The molecule has 7 unspecified atom stereocenters. The van der Waals surface area contributed by atoms with Gasteiger partial charge in [-0.15, -0.1) is 0 Å². The molecule has 0 saturated heterocycles. The number of ether oxygens (including phenoxy) is 15. The Morgan fingerprint density at radius 3 is 1.13 bits per heavy atom. The Balaban J connectivity index is 0.711. The third kappa shape index (κ3) is 19.8. The highest BCUT2D eigenvalue weighted by Crippen LogP contribution is 2.75. The van der Waals surface area contributed by atoms with Gasteiger partial charge in [0.15, 0.2) is 6.10 Å². The summed E-state index contributed by atoms with van der Waals surface area (Å²) in [7, 11) is 1.58. The molecule has 0 heterocycles. The van der Waals surface area contributed by atoms with Crippen LogP contribution in [0, 0.1) is 91.7 Å². The molecule has 0 aromatic rings. The zero-order valence-electron chi connectivity index (χ0n) is 61.4. The Kier molecular flexibility index (Phi) is 32.5. The zero-order valence-corrected chi connectivity index (χ0v) is 61.4. The molecule has 98 heavy (non-hydrogen) atoms. The molecule has 570 valence electrons. The van der Waals surface area contributed by atoms with Crippen molar-refractivity contribution >= 4 is 11.9 Å². The Morgan fingerprint density at radius 1 is 0.408 bits per heavy atom. The van der Waals surface area contributed by atoms with Gasteiger partial charge < -0.3 is 102 Å². The average Bonchev–Trinajstić information content (AvgIpc) is 1.17. The van der Waals surface area contributed by atoms with E-state index >= 15 is 0 Å². The maximum atomic E-state index is 13.9. The largest absolute Gasteiger partial charge is 0.462 e. The lowest BCUT2D eigenvalue weighted by Gasteiger charge is -2.69. The van der Waals surface area contributed by atoms with Crippen molar-refractivity contribution in [3.8, 4) is 0 Å². The fourth-order valence-corrected chi connectivity index (χ4v) is 21.4. The van der Waals surface area contributed by atoms with Crippen LogP contribution >= 0.6 is 0 Å². The minimum Gasteiger partial charge on any atom is -0.462 e. The summed E-state index contributed by atoms with van der Waals surface area (Å²) in [6.45, 7) is 25.7. The number of aliphatic hydroxyl groups is 6. The molecule has 8 aliphatic rings. The highest BCUT2D eigenvalue weighted by molar-refractivity contribution is 5.70. The van der Waals surface area contributed by atoms with Crippen LogP contribution in [-0.4, -0.2) is 245 Å².